The molecule has 0 bridgehead atoms. The second kappa shape index (κ2) is 6.34. The van der Waals surface area contributed by atoms with Crippen molar-refractivity contribution in [3.8, 4) is 10.6 Å². The van der Waals surface area contributed by atoms with E-state index >= 15 is 0 Å². The highest BCUT2D eigenvalue weighted by atomic mass is 32.1. The van der Waals surface area contributed by atoms with Crippen molar-refractivity contribution in [3.05, 3.63) is 65.0 Å². The van der Waals surface area contributed by atoms with E-state index in [-0.39, 0.29) is 11.7 Å². The van der Waals surface area contributed by atoms with Crippen molar-refractivity contribution in [2.45, 2.75) is 6.92 Å². The number of thiophene rings is 1. The Labute approximate surface area is 151 Å². The first-order valence-electron chi connectivity index (χ1n) is 7.50. The van der Waals surface area contributed by atoms with Gasteiger partial charge in [-0.15, -0.1) is 11.3 Å². The van der Waals surface area contributed by atoms with Crippen LogP contribution in [0.2, 0.25) is 0 Å². The summed E-state index contributed by atoms with van der Waals surface area (Å²) in [5.41, 5.74) is 1.63. The maximum absolute atomic E-state index is 13.8. The maximum atomic E-state index is 13.8. The lowest BCUT2D eigenvalue weighted by Gasteiger charge is -1.97. The van der Waals surface area contributed by atoms with Gasteiger partial charge in [0, 0.05) is 16.3 Å². The molecule has 0 aliphatic heterocycles. The largest absolute Gasteiger partial charge is 0.297 e. The molecule has 25 heavy (non-hydrogen) atoms. The number of aromatic nitrogens is 2. The first kappa shape index (κ1) is 15.9. The Balaban J connectivity index is 1.61. The van der Waals surface area contributed by atoms with E-state index in [2.05, 4.69) is 15.3 Å². The molecular weight excluding hydrogens is 357 g/mol. The first-order chi connectivity index (χ1) is 12.1. The molecule has 0 aliphatic rings. The summed E-state index contributed by atoms with van der Waals surface area (Å²) in [4.78, 5) is 22.6. The molecule has 0 unspecified atom stereocenters. The van der Waals surface area contributed by atoms with E-state index in [1.54, 1.807) is 24.4 Å². The zero-order chi connectivity index (χ0) is 17.4. The molecule has 0 radical (unpaired) electrons. The first-order valence-corrected chi connectivity index (χ1v) is 9.13. The highest BCUT2D eigenvalue weighted by molar-refractivity contribution is 7.21. The quantitative estimate of drug-likeness (QED) is 0.545. The van der Waals surface area contributed by atoms with E-state index in [0.29, 0.717) is 15.4 Å². The van der Waals surface area contributed by atoms with Gasteiger partial charge >= 0.3 is 0 Å². The number of nitrogens with one attached hydrogen (secondary N) is 1. The van der Waals surface area contributed by atoms with Gasteiger partial charge in [-0.2, -0.15) is 0 Å². The number of rotatable bonds is 3. The Morgan fingerprint density at radius 1 is 1.16 bits per heavy atom. The van der Waals surface area contributed by atoms with E-state index < -0.39 is 0 Å². The number of carbonyl (C=O) groups excluding carboxylic acids is 1. The van der Waals surface area contributed by atoms with Gasteiger partial charge in [-0.1, -0.05) is 23.5 Å². The summed E-state index contributed by atoms with van der Waals surface area (Å²) in [6, 6.07) is 12.1. The monoisotopic (exact) mass is 369 g/mol. The van der Waals surface area contributed by atoms with Crippen molar-refractivity contribution in [1.29, 1.82) is 0 Å². The van der Waals surface area contributed by atoms with Crippen LogP contribution in [0.1, 0.15) is 15.4 Å². The van der Waals surface area contributed by atoms with Crippen molar-refractivity contribution in [2.75, 3.05) is 5.32 Å². The van der Waals surface area contributed by atoms with Crippen molar-refractivity contribution in [2.24, 2.45) is 0 Å². The van der Waals surface area contributed by atoms with Crippen LogP contribution >= 0.6 is 22.7 Å². The van der Waals surface area contributed by atoms with Gasteiger partial charge in [-0.25, -0.2) is 9.37 Å². The number of fused-ring (bicyclic) bond motifs is 1. The Bertz CT molecular complexity index is 1070. The van der Waals surface area contributed by atoms with Crippen LogP contribution in [0, 0.1) is 12.7 Å². The lowest BCUT2D eigenvalue weighted by Crippen LogP contribution is -2.09. The van der Waals surface area contributed by atoms with E-state index in [4.69, 9.17) is 0 Å². The summed E-state index contributed by atoms with van der Waals surface area (Å²) in [7, 11) is 0. The number of pyridine rings is 1. The van der Waals surface area contributed by atoms with Gasteiger partial charge in [-0.3, -0.25) is 15.1 Å². The third kappa shape index (κ3) is 3.04. The maximum Gasteiger partial charge on any atom is 0.267 e. The summed E-state index contributed by atoms with van der Waals surface area (Å²) < 4.78 is 14.5. The van der Waals surface area contributed by atoms with Crippen LogP contribution in [0.4, 0.5) is 9.52 Å². The van der Waals surface area contributed by atoms with E-state index in [0.717, 1.165) is 21.0 Å². The van der Waals surface area contributed by atoms with E-state index in [1.165, 1.54) is 28.7 Å². The zero-order valence-electron chi connectivity index (χ0n) is 13.1. The summed E-state index contributed by atoms with van der Waals surface area (Å²) in [6.45, 7) is 1.88. The summed E-state index contributed by atoms with van der Waals surface area (Å²) >= 11 is 2.63. The van der Waals surface area contributed by atoms with Crippen LogP contribution in [-0.4, -0.2) is 15.9 Å². The molecule has 124 valence electrons. The Morgan fingerprint density at radius 3 is 2.80 bits per heavy atom. The van der Waals surface area contributed by atoms with E-state index in [9.17, 15) is 9.18 Å². The summed E-state index contributed by atoms with van der Waals surface area (Å²) in [5.74, 6) is -0.614. The average molecular weight is 369 g/mol. The summed E-state index contributed by atoms with van der Waals surface area (Å²) in [5, 5.41) is 3.76. The topological polar surface area (TPSA) is 54.9 Å². The normalized spacial score (nSPS) is 11.0. The predicted molar refractivity (Wildman–Crippen MR) is 99.8 cm³/mol. The minimum Gasteiger partial charge on any atom is -0.297 e. The molecule has 4 rings (SSSR count). The number of hydrogen-bond donors (Lipinski definition) is 1. The highest BCUT2D eigenvalue weighted by Crippen LogP contribution is 2.32. The number of hydrogen-bond acceptors (Lipinski definition) is 5. The SMILES string of the molecule is Cc1nc(NC(=O)c2cc3c(F)cccc3s2)sc1-c1ccccn1. The minimum atomic E-state index is -0.324. The fraction of sp³-hybridized carbons (Fsp3) is 0.0556. The number of anilines is 1. The van der Waals surface area contributed by atoms with Gasteiger partial charge < -0.3 is 0 Å². The molecule has 1 amide bonds. The third-order valence-corrected chi connectivity index (χ3v) is 5.84. The molecule has 7 heteroatoms. The van der Waals surface area contributed by atoms with Gasteiger partial charge in [0.15, 0.2) is 5.13 Å². The molecule has 1 N–H and O–H groups in total. The smallest absolute Gasteiger partial charge is 0.267 e. The third-order valence-electron chi connectivity index (χ3n) is 3.65. The van der Waals surface area contributed by atoms with Crippen molar-refractivity contribution in [3.63, 3.8) is 0 Å². The van der Waals surface area contributed by atoms with Crippen molar-refractivity contribution >= 4 is 43.8 Å². The molecule has 0 fully saturated rings. The average Bonchev–Trinajstić information content (AvgIpc) is 3.20. The number of halogens is 1. The lowest BCUT2D eigenvalue weighted by molar-refractivity contribution is 0.103. The van der Waals surface area contributed by atoms with Gasteiger partial charge in [-0.05, 0) is 37.3 Å². The number of thiazole rings is 1. The molecule has 0 spiro atoms. The number of carbonyl (C=O) groups is 1. The van der Waals surface area contributed by atoms with Crippen LogP contribution in [0.15, 0.2) is 48.7 Å². The molecule has 0 saturated heterocycles. The van der Waals surface area contributed by atoms with E-state index in [1.807, 2.05) is 25.1 Å². The van der Waals surface area contributed by atoms with Gasteiger partial charge in [0.2, 0.25) is 0 Å². The molecule has 4 nitrogen and oxygen atoms in total. The molecule has 3 aromatic heterocycles. The number of aryl methyl sites for hydroxylation is 1. The lowest BCUT2D eigenvalue weighted by atomic mass is 10.2. The number of nitrogens with zero attached hydrogens (tertiary/aromatic N) is 2. The fourth-order valence-electron chi connectivity index (χ4n) is 2.48. The van der Waals surface area contributed by atoms with Crippen molar-refractivity contribution in [1.82, 2.24) is 9.97 Å². The van der Waals surface area contributed by atoms with Crippen LogP contribution in [-0.2, 0) is 0 Å². The number of amides is 1. The molecule has 0 saturated carbocycles. The van der Waals surface area contributed by atoms with Crippen LogP contribution in [0.5, 0.6) is 0 Å². The van der Waals surface area contributed by atoms with Gasteiger partial charge in [0.25, 0.3) is 5.91 Å². The molecule has 3 heterocycles. The van der Waals surface area contributed by atoms with Crippen LogP contribution < -0.4 is 5.32 Å². The Morgan fingerprint density at radius 2 is 2.04 bits per heavy atom. The second-order valence-corrected chi connectivity index (χ2v) is 7.45. The molecule has 0 atom stereocenters. The molecule has 4 aromatic rings. The Hall–Kier alpha value is -2.64. The minimum absolute atomic E-state index is 0.290. The highest BCUT2D eigenvalue weighted by Gasteiger charge is 2.16. The predicted octanol–water partition coefficient (Wildman–Crippen LogP) is 5.12. The van der Waals surface area contributed by atoms with Crippen LogP contribution in [0.3, 0.4) is 0 Å². The molecular formula is C18H12FN3OS2. The summed E-state index contributed by atoms with van der Waals surface area (Å²) in [6.07, 6.45) is 1.72. The Kier molecular flexibility index (Phi) is 4.03. The fourth-order valence-corrected chi connectivity index (χ4v) is 4.39. The zero-order valence-corrected chi connectivity index (χ0v) is 14.7. The second-order valence-electron chi connectivity index (χ2n) is 5.36. The van der Waals surface area contributed by atoms with Crippen LogP contribution in [0.25, 0.3) is 20.7 Å². The molecule has 0 aliphatic carbocycles. The van der Waals surface area contributed by atoms with Gasteiger partial charge in [0.1, 0.15) is 5.82 Å². The van der Waals surface area contributed by atoms with Crippen molar-refractivity contribution < 1.29 is 9.18 Å². The number of benzene rings is 1. The molecule has 1 aromatic carbocycles. The van der Waals surface area contributed by atoms with Gasteiger partial charge in [0.05, 0.1) is 21.1 Å². The standard InChI is InChI=1S/C18H12FN3OS2/c1-10-16(13-6-2-3-8-20-13)25-18(21-10)22-17(23)15-9-11-12(19)5-4-7-14(11)24-15/h2-9H,1H3,(H,21,22,23).